The van der Waals surface area contributed by atoms with E-state index in [0.29, 0.717) is 0 Å². The highest BCUT2D eigenvalue weighted by atomic mass is 19.3. The van der Waals surface area contributed by atoms with Crippen LogP contribution in [0.15, 0.2) is 6.07 Å². The lowest BCUT2D eigenvalue weighted by Gasteiger charge is -2.04. The van der Waals surface area contributed by atoms with E-state index in [4.69, 9.17) is 10.5 Å². The van der Waals surface area contributed by atoms with Crippen molar-refractivity contribution in [1.29, 1.82) is 10.5 Å². The van der Waals surface area contributed by atoms with E-state index in [-0.39, 0.29) is 17.5 Å². The van der Waals surface area contributed by atoms with E-state index in [9.17, 15) is 13.2 Å². The number of alkyl halides is 2. The Bertz CT molecular complexity index is 457. The predicted octanol–water partition coefficient (Wildman–Crippen LogP) is 2.10. The Morgan fingerprint density at radius 2 is 2.07 bits per heavy atom. The second kappa shape index (κ2) is 4.43. The summed E-state index contributed by atoms with van der Waals surface area (Å²) >= 11 is 0. The smallest absolute Gasteiger partial charge is 0.218 e. The van der Waals surface area contributed by atoms with Gasteiger partial charge in [0.25, 0.3) is 6.43 Å². The summed E-state index contributed by atoms with van der Waals surface area (Å²) in [5.74, 6) is -1.19. The second-order valence-electron chi connectivity index (χ2n) is 2.61. The van der Waals surface area contributed by atoms with Gasteiger partial charge in [0.15, 0.2) is 0 Å². The van der Waals surface area contributed by atoms with Crippen LogP contribution in [0.5, 0.6) is 0 Å². The lowest BCUT2D eigenvalue weighted by Crippen LogP contribution is -2.02. The summed E-state index contributed by atoms with van der Waals surface area (Å²) in [6, 6.07) is 3.97. The molecule has 6 heteroatoms. The van der Waals surface area contributed by atoms with Crippen LogP contribution in [0.25, 0.3) is 0 Å². The molecule has 1 aromatic heterocycles. The summed E-state index contributed by atoms with van der Waals surface area (Å²) in [7, 11) is 0. The van der Waals surface area contributed by atoms with Crippen molar-refractivity contribution < 1.29 is 13.2 Å². The Hall–Kier alpha value is -2.08. The van der Waals surface area contributed by atoms with Crippen LogP contribution < -0.4 is 0 Å². The van der Waals surface area contributed by atoms with E-state index < -0.39 is 18.1 Å². The fourth-order valence-corrected chi connectivity index (χ4v) is 1.02. The van der Waals surface area contributed by atoms with Gasteiger partial charge in [-0.2, -0.15) is 14.9 Å². The molecule has 0 aliphatic rings. The van der Waals surface area contributed by atoms with Crippen molar-refractivity contribution in [3.05, 3.63) is 28.8 Å². The fraction of sp³-hybridized carbons (Fsp3) is 0.222. The van der Waals surface area contributed by atoms with E-state index in [1.807, 2.05) is 0 Å². The number of rotatable bonds is 2. The summed E-state index contributed by atoms with van der Waals surface area (Å²) < 4.78 is 37.5. The first-order valence-electron chi connectivity index (χ1n) is 3.84. The molecule has 0 aliphatic heterocycles. The van der Waals surface area contributed by atoms with Crippen LogP contribution in [0.1, 0.15) is 23.2 Å². The third-order valence-electron chi connectivity index (χ3n) is 1.69. The molecule has 0 saturated heterocycles. The average molecular weight is 211 g/mol. The summed E-state index contributed by atoms with van der Waals surface area (Å²) in [5, 5.41) is 16.9. The lowest BCUT2D eigenvalue weighted by atomic mass is 10.1. The quantitative estimate of drug-likeness (QED) is 0.703. The van der Waals surface area contributed by atoms with E-state index >= 15 is 0 Å². The monoisotopic (exact) mass is 211 g/mol. The minimum atomic E-state index is -2.94. The van der Waals surface area contributed by atoms with Crippen LogP contribution in [0.2, 0.25) is 0 Å². The molecular formula is C9H4F3N3. The highest BCUT2D eigenvalue weighted by Gasteiger charge is 2.17. The van der Waals surface area contributed by atoms with Gasteiger partial charge in [0.05, 0.1) is 24.1 Å². The molecule has 0 aliphatic carbocycles. The van der Waals surface area contributed by atoms with Crippen molar-refractivity contribution in [3.63, 3.8) is 0 Å². The molecule has 15 heavy (non-hydrogen) atoms. The van der Waals surface area contributed by atoms with Crippen molar-refractivity contribution in [2.24, 2.45) is 0 Å². The van der Waals surface area contributed by atoms with Crippen LogP contribution in [0.3, 0.4) is 0 Å². The molecule has 0 atom stereocenters. The topological polar surface area (TPSA) is 60.5 Å². The van der Waals surface area contributed by atoms with Gasteiger partial charge >= 0.3 is 0 Å². The molecule has 0 N–H and O–H groups in total. The zero-order valence-corrected chi connectivity index (χ0v) is 7.34. The summed E-state index contributed by atoms with van der Waals surface area (Å²) in [4.78, 5) is 2.98. The molecule has 0 bridgehead atoms. The summed E-state index contributed by atoms with van der Waals surface area (Å²) in [5.41, 5.74) is -1.32. The van der Waals surface area contributed by atoms with Crippen molar-refractivity contribution in [2.45, 2.75) is 12.8 Å². The number of nitriles is 2. The van der Waals surface area contributed by atoms with Crippen LogP contribution in [-0.4, -0.2) is 4.98 Å². The van der Waals surface area contributed by atoms with Crippen molar-refractivity contribution in [2.75, 3.05) is 0 Å². The molecule has 0 spiro atoms. The second-order valence-corrected chi connectivity index (χ2v) is 2.61. The third-order valence-corrected chi connectivity index (χ3v) is 1.69. The van der Waals surface area contributed by atoms with Crippen LogP contribution in [0.4, 0.5) is 13.2 Å². The van der Waals surface area contributed by atoms with Gasteiger partial charge in [-0.1, -0.05) is 0 Å². The third kappa shape index (κ3) is 2.23. The van der Waals surface area contributed by atoms with E-state index in [1.165, 1.54) is 0 Å². The zero-order valence-electron chi connectivity index (χ0n) is 7.34. The molecule has 0 amide bonds. The molecule has 3 nitrogen and oxygen atoms in total. The molecule has 0 radical (unpaired) electrons. The van der Waals surface area contributed by atoms with Crippen LogP contribution in [0, 0.1) is 28.6 Å². The van der Waals surface area contributed by atoms with E-state index in [1.54, 1.807) is 12.1 Å². The average Bonchev–Trinajstić information content (AvgIpc) is 2.20. The summed E-state index contributed by atoms with van der Waals surface area (Å²) in [6.07, 6.45) is -3.31. The molecule has 76 valence electrons. The maximum Gasteiger partial charge on any atom is 0.280 e. The minimum absolute atomic E-state index is 0.246. The van der Waals surface area contributed by atoms with Crippen LogP contribution >= 0.6 is 0 Å². The highest BCUT2D eigenvalue weighted by Crippen LogP contribution is 2.21. The number of hydrogen-bond donors (Lipinski definition) is 0. The Kier molecular flexibility index (Phi) is 3.25. The first-order chi connectivity index (χ1) is 7.10. The van der Waals surface area contributed by atoms with Gasteiger partial charge in [-0.15, -0.1) is 0 Å². The number of pyridine rings is 1. The highest BCUT2D eigenvalue weighted by molar-refractivity contribution is 5.39. The molecule has 1 aromatic rings. The number of aromatic nitrogens is 1. The maximum absolute atomic E-state index is 13.1. The zero-order chi connectivity index (χ0) is 11.4. The molecule has 1 rings (SSSR count). The number of nitrogens with zero attached hydrogens (tertiary/aromatic N) is 3. The van der Waals surface area contributed by atoms with Gasteiger partial charge in [0.1, 0.15) is 5.69 Å². The molecular weight excluding hydrogens is 207 g/mol. The van der Waals surface area contributed by atoms with Crippen molar-refractivity contribution >= 4 is 0 Å². The van der Waals surface area contributed by atoms with E-state index in [2.05, 4.69) is 4.98 Å². The standard InChI is InChI=1S/C9H4F3N3/c10-8(11)7-3-5(4-14)6(1-2-13)9(12)15-7/h3,8H,1H2. The van der Waals surface area contributed by atoms with Gasteiger partial charge in [-0.05, 0) is 6.07 Å². The van der Waals surface area contributed by atoms with Crippen LogP contribution in [-0.2, 0) is 6.42 Å². The molecule has 0 fully saturated rings. The molecule has 0 saturated carbocycles. The maximum atomic E-state index is 13.1. The van der Waals surface area contributed by atoms with Gasteiger partial charge in [0, 0.05) is 5.56 Å². The summed E-state index contributed by atoms with van der Waals surface area (Å²) in [6.45, 7) is 0. The largest absolute Gasteiger partial charge is 0.280 e. The first-order valence-corrected chi connectivity index (χ1v) is 3.84. The van der Waals surface area contributed by atoms with Crippen molar-refractivity contribution in [1.82, 2.24) is 4.98 Å². The fourth-order valence-electron chi connectivity index (χ4n) is 1.02. The molecule has 1 heterocycles. The molecule has 0 unspecified atom stereocenters. The lowest BCUT2D eigenvalue weighted by molar-refractivity contribution is 0.144. The molecule has 0 aromatic carbocycles. The first kappa shape index (κ1) is 11.0. The predicted molar refractivity (Wildman–Crippen MR) is 43.2 cm³/mol. The number of hydrogen-bond acceptors (Lipinski definition) is 3. The van der Waals surface area contributed by atoms with E-state index in [0.717, 1.165) is 6.07 Å². The SMILES string of the molecule is N#CCc1c(C#N)cc(C(F)F)nc1F. The van der Waals surface area contributed by atoms with Gasteiger partial charge in [-0.25, -0.2) is 13.8 Å². The number of halogens is 3. The Balaban J connectivity index is 3.33. The Morgan fingerprint density at radius 1 is 1.40 bits per heavy atom. The Morgan fingerprint density at radius 3 is 2.53 bits per heavy atom. The Labute approximate surface area is 83.4 Å². The normalized spacial score (nSPS) is 9.73. The van der Waals surface area contributed by atoms with Crippen molar-refractivity contribution in [3.8, 4) is 12.1 Å². The van der Waals surface area contributed by atoms with Gasteiger partial charge < -0.3 is 0 Å². The van der Waals surface area contributed by atoms with Gasteiger partial charge in [-0.3, -0.25) is 0 Å². The van der Waals surface area contributed by atoms with Gasteiger partial charge in [0.2, 0.25) is 5.95 Å². The minimum Gasteiger partial charge on any atom is -0.218 e.